The highest BCUT2D eigenvalue weighted by Gasteiger charge is 2.33. The number of piperazine rings is 1. The van der Waals surface area contributed by atoms with Crippen LogP contribution < -0.4 is 4.90 Å². The normalized spacial score (nSPS) is 22.9. The molecule has 4 rings (SSSR count). The van der Waals surface area contributed by atoms with E-state index in [9.17, 15) is 4.79 Å². The summed E-state index contributed by atoms with van der Waals surface area (Å²) in [6.45, 7) is 4.14. The molecule has 0 bridgehead atoms. The van der Waals surface area contributed by atoms with E-state index in [4.69, 9.17) is 0 Å². The lowest BCUT2D eigenvalue weighted by atomic mass is 10.1. The van der Waals surface area contributed by atoms with Crippen molar-refractivity contribution in [2.45, 2.75) is 18.9 Å². The number of hydrogen-bond acceptors (Lipinski definition) is 6. The first-order valence-corrected chi connectivity index (χ1v) is 8.12. The number of nitrogens with zero attached hydrogens (tertiary/aromatic N) is 7. The molecule has 23 heavy (non-hydrogen) atoms. The summed E-state index contributed by atoms with van der Waals surface area (Å²) < 4.78 is 1.94. The molecule has 0 N–H and O–H groups in total. The second-order valence-corrected chi connectivity index (χ2v) is 6.28. The van der Waals surface area contributed by atoms with E-state index < -0.39 is 0 Å². The third kappa shape index (κ3) is 2.52. The maximum atomic E-state index is 12.7. The van der Waals surface area contributed by atoms with Gasteiger partial charge in [-0.3, -0.25) is 19.1 Å². The third-order valence-corrected chi connectivity index (χ3v) is 4.92. The quantitative estimate of drug-likeness (QED) is 0.769. The van der Waals surface area contributed by atoms with E-state index >= 15 is 0 Å². The van der Waals surface area contributed by atoms with Gasteiger partial charge in [0, 0.05) is 26.2 Å². The SMILES string of the molecule is CN1CCCC1C(=O)N1CCN(c2cncc3nncn23)CC1. The summed E-state index contributed by atoms with van der Waals surface area (Å²) in [6, 6.07) is 0.0736. The van der Waals surface area contributed by atoms with Gasteiger partial charge >= 0.3 is 0 Å². The van der Waals surface area contributed by atoms with Crippen LogP contribution in [0.15, 0.2) is 18.7 Å². The van der Waals surface area contributed by atoms with Crippen LogP contribution in [0.5, 0.6) is 0 Å². The van der Waals surface area contributed by atoms with Gasteiger partial charge in [0.25, 0.3) is 0 Å². The van der Waals surface area contributed by atoms with Crippen LogP contribution in [0, 0.1) is 0 Å². The van der Waals surface area contributed by atoms with Gasteiger partial charge in [0.15, 0.2) is 5.65 Å². The van der Waals surface area contributed by atoms with Gasteiger partial charge in [-0.05, 0) is 26.4 Å². The van der Waals surface area contributed by atoms with Crippen molar-refractivity contribution in [1.82, 2.24) is 29.4 Å². The van der Waals surface area contributed by atoms with Gasteiger partial charge in [0.1, 0.15) is 12.1 Å². The Labute approximate surface area is 134 Å². The summed E-state index contributed by atoms with van der Waals surface area (Å²) in [7, 11) is 2.05. The number of anilines is 1. The second-order valence-electron chi connectivity index (χ2n) is 6.28. The Kier molecular flexibility index (Phi) is 3.60. The van der Waals surface area contributed by atoms with Crippen molar-refractivity contribution in [2.24, 2.45) is 0 Å². The first-order chi connectivity index (χ1) is 11.2. The third-order valence-electron chi connectivity index (χ3n) is 4.92. The Morgan fingerprint density at radius 3 is 2.74 bits per heavy atom. The van der Waals surface area contributed by atoms with E-state index in [1.807, 2.05) is 22.5 Å². The molecule has 1 atom stereocenters. The van der Waals surface area contributed by atoms with Crippen molar-refractivity contribution in [3.05, 3.63) is 18.7 Å². The molecular formula is C15H21N7O. The number of aromatic nitrogens is 4. The van der Waals surface area contributed by atoms with E-state index in [1.54, 1.807) is 12.5 Å². The molecule has 0 spiro atoms. The number of amides is 1. The first kappa shape index (κ1) is 14.4. The van der Waals surface area contributed by atoms with Gasteiger partial charge < -0.3 is 9.80 Å². The Hall–Kier alpha value is -2.22. The van der Waals surface area contributed by atoms with Crippen molar-refractivity contribution >= 4 is 17.4 Å². The van der Waals surface area contributed by atoms with Crippen molar-refractivity contribution in [2.75, 3.05) is 44.7 Å². The molecule has 8 nitrogen and oxygen atoms in total. The zero-order chi connectivity index (χ0) is 15.8. The minimum Gasteiger partial charge on any atom is -0.353 e. The lowest BCUT2D eigenvalue weighted by Gasteiger charge is -2.37. The van der Waals surface area contributed by atoms with Crippen molar-refractivity contribution in [3.63, 3.8) is 0 Å². The molecule has 0 aliphatic carbocycles. The van der Waals surface area contributed by atoms with Gasteiger partial charge in [-0.25, -0.2) is 0 Å². The van der Waals surface area contributed by atoms with Crippen molar-refractivity contribution in [1.29, 1.82) is 0 Å². The standard InChI is InChI=1S/C15H21N7O/c1-19-4-2-3-12(19)15(23)21-7-5-20(6-8-21)14-10-16-9-13-18-17-11-22(13)14/h9-12H,2-8H2,1H3. The molecule has 1 amide bonds. The van der Waals surface area contributed by atoms with Crippen LogP contribution in [0.3, 0.4) is 0 Å². The van der Waals surface area contributed by atoms with Crippen molar-refractivity contribution in [3.8, 4) is 0 Å². The molecule has 8 heteroatoms. The Morgan fingerprint density at radius 1 is 1.17 bits per heavy atom. The summed E-state index contributed by atoms with van der Waals surface area (Å²) in [5.41, 5.74) is 0.744. The fourth-order valence-corrected chi connectivity index (χ4v) is 3.56. The lowest BCUT2D eigenvalue weighted by Crippen LogP contribution is -2.53. The fraction of sp³-hybridized carbons (Fsp3) is 0.600. The minimum absolute atomic E-state index is 0.0736. The van der Waals surface area contributed by atoms with Crippen LogP contribution in [0.4, 0.5) is 5.82 Å². The van der Waals surface area contributed by atoms with Gasteiger partial charge in [0.05, 0.1) is 18.4 Å². The molecule has 122 valence electrons. The predicted octanol–water partition coefficient (Wildman–Crippen LogP) is -0.133. The average molecular weight is 315 g/mol. The highest BCUT2D eigenvalue weighted by atomic mass is 16.2. The van der Waals surface area contributed by atoms with Gasteiger partial charge in [-0.2, -0.15) is 0 Å². The largest absolute Gasteiger partial charge is 0.353 e. The molecule has 2 aromatic heterocycles. The first-order valence-electron chi connectivity index (χ1n) is 8.12. The molecule has 0 saturated carbocycles. The van der Waals surface area contributed by atoms with Crippen LogP contribution in [0.2, 0.25) is 0 Å². The predicted molar refractivity (Wildman–Crippen MR) is 85.2 cm³/mol. The summed E-state index contributed by atoms with van der Waals surface area (Å²) >= 11 is 0. The number of carbonyl (C=O) groups excluding carboxylic acids is 1. The number of likely N-dealkylation sites (N-methyl/N-ethyl adjacent to an activating group) is 1. The maximum Gasteiger partial charge on any atom is 0.240 e. The molecule has 2 aliphatic heterocycles. The van der Waals surface area contributed by atoms with E-state index in [1.165, 1.54) is 0 Å². The summed E-state index contributed by atoms with van der Waals surface area (Å²) in [4.78, 5) is 23.3. The minimum atomic E-state index is 0.0736. The van der Waals surface area contributed by atoms with E-state index in [0.717, 1.165) is 57.0 Å². The van der Waals surface area contributed by atoms with Crippen LogP contribution in [-0.4, -0.2) is 81.1 Å². The molecule has 1 unspecified atom stereocenters. The van der Waals surface area contributed by atoms with Crippen molar-refractivity contribution < 1.29 is 4.79 Å². The molecule has 2 saturated heterocycles. The van der Waals surface area contributed by atoms with Crippen LogP contribution in [0.1, 0.15) is 12.8 Å². The van der Waals surface area contributed by atoms with Gasteiger partial charge in [-0.1, -0.05) is 0 Å². The average Bonchev–Trinajstić information content (AvgIpc) is 3.22. The van der Waals surface area contributed by atoms with Crippen LogP contribution >= 0.6 is 0 Å². The summed E-state index contributed by atoms with van der Waals surface area (Å²) in [5, 5.41) is 7.97. The number of rotatable bonds is 2. The second kappa shape index (κ2) is 5.77. The highest BCUT2D eigenvalue weighted by Crippen LogP contribution is 2.20. The van der Waals surface area contributed by atoms with E-state index in [0.29, 0.717) is 0 Å². The monoisotopic (exact) mass is 315 g/mol. The molecule has 2 aliphatic rings. The zero-order valence-electron chi connectivity index (χ0n) is 13.3. The topological polar surface area (TPSA) is 69.9 Å². The Balaban J connectivity index is 1.45. The fourth-order valence-electron chi connectivity index (χ4n) is 3.56. The molecule has 4 heterocycles. The molecule has 2 aromatic rings. The van der Waals surface area contributed by atoms with Crippen LogP contribution in [-0.2, 0) is 4.79 Å². The molecule has 2 fully saturated rings. The smallest absolute Gasteiger partial charge is 0.240 e. The van der Waals surface area contributed by atoms with Gasteiger partial charge in [-0.15, -0.1) is 10.2 Å². The number of likely N-dealkylation sites (tertiary alicyclic amines) is 1. The number of fused-ring (bicyclic) bond motifs is 1. The summed E-state index contributed by atoms with van der Waals surface area (Å²) in [6.07, 6.45) is 7.34. The van der Waals surface area contributed by atoms with E-state index in [-0.39, 0.29) is 11.9 Å². The number of hydrogen-bond donors (Lipinski definition) is 0. The summed E-state index contributed by atoms with van der Waals surface area (Å²) in [5.74, 6) is 1.27. The highest BCUT2D eigenvalue weighted by molar-refractivity contribution is 5.82. The van der Waals surface area contributed by atoms with Crippen LogP contribution in [0.25, 0.3) is 5.65 Å². The number of carbonyl (C=O) groups is 1. The van der Waals surface area contributed by atoms with E-state index in [2.05, 4.69) is 25.0 Å². The maximum absolute atomic E-state index is 12.7. The zero-order valence-corrected chi connectivity index (χ0v) is 13.3. The van der Waals surface area contributed by atoms with Gasteiger partial charge in [0.2, 0.25) is 5.91 Å². The molecule has 0 radical (unpaired) electrons. The molecule has 0 aromatic carbocycles. The Bertz CT molecular complexity index is 707. The lowest BCUT2D eigenvalue weighted by molar-refractivity contribution is -0.135. The Morgan fingerprint density at radius 2 is 2.00 bits per heavy atom. The molecular weight excluding hydrogens is 294 g/mol.